The number of hydrogen-bond donors (Lipinski definition) is 0. The first kappa shape index (κ1) is 18.5. The fourth-order valence-electron chi connectivity index (χ4n) is 1.50. The molecule has 2 nitrogen and oxygen atoms in total. The average Bonchev–Trinajstić information content (AvgIpc) is 2.23. The van der Waals surface area contributed by atoms with Crippen LogP contribution >= 0.6 is 0 Å². The first-order valence-electron chi connectivity index (χ1n) is 5.37. The van der Waals surface area contributed by atoms with E-state index in [2.05, 4.69) is 0 Å². The van der Waals surface area contributed by atoms with Gasteiger partial charge in [0.05, 0.1) is 6.61 Å². The van der Waals surface area contributed by atoms with E-state index in [0.717, 1.165) is 6.07 Å². The van der Waals surface area contributed by atoms with Crippen LogP contribution in [-0.2, 0) is 4.74 Å². The molecule has 0 heterocycles. The Labute approximate surface area is 148 Å². The third-order valence-electron chi connectivity index (χ3n) is 2.36. The van der Waals surface area contributed by atoms with Crippen LogP contribution in [0, 0.1) is 6.92 Å². The predicted molar refractivity (Wildman–Crippen MR) is 61.9 cm³/mol. The Hall–Kier alpha value is 0.471. The first-order valence-corrected chi connectivity index (χ1v) is 5.37. The van der Waals surface area contributed by atoms with Crippen molar-refractivity contribution in [2.75, 3.05) is 20.3 Å². The van der Waals surface area contributed by atoms with Crippen molar-refractivity contribution in [3.8, 4) is 5.75 Å². The van der Waals surface area contributed by atoms with Crippen LogP contribution in [0.3, 0.4) is 0 Å². The second-order valence-corrected chi connectivity index (χ2v) is 3.79. The fraction of sp³-hybridized carbons (Fsp3) is 0.455. The topological polar surface area (TPSA) is 18.5 Å². The summed E-state index contributed by atoms with van der Waals surface area (Å²) in [5, 5.41) is 0. The minimum atomic E-state index is -4.94. The minimum absolute atomic E-state index is 0. The van der Waals surface area contributed by atoms with Crippen molar-refractivity contribution >= 4 is 12.4 Å². The van der Waals surface area contributed by atoms with Gasteiger partial charge in [-0.15, -0.1) is 5.46 Å². The van der Waals surface area contributed by atoms with E-state index in [-0.39, 0.29) is 56.9 Å². The zero-order valence-corrected chi connectivity index (χ0v) is 14.0. The van der Waals surface area contributed by atoms with Gasteiger partial charge in [-0.25, -0.2) is 0 Å². The monoisotopic (exact) mass is 286 g/mol. The Morgan fingerprint density at radius 1 is 1.17 bits per heavy atom. The second kappa shape index (κ2) is 8.60. The summed E-state index contributed by atoms with van der Waals surface area (Å²) in [4.78, 5) is 0. The standard InChI is InChI=1S/C11H15BF3O2.K/c1-9-8-10(17-7-3-6-16-2)4-5-11(9)12(13,14)15;/h4-5,8H,3,6-7H2,1-2H3;/q-1;+1. The molecule has 0 aromatic heterocycles. The van der Waals surface area contributed by atoms with Gasteiger partial charge in [0.25, 0.3) is 0 Å². The molecule has 7 heteroatoms. The summed E-state index contributed by atoms with van der Waals surface area (Å²) in [5.74, 6) is 0.461. The van der Waals surface area contributed by atoms with Crippen LogP contribution in [0.25, 0.3) is 0 Å². The molecule has 0 N–H and O–H groups in total. The number of methoxy groups -OCH3 is 1. The molecule has 0 spiro atoms. The molecule has 1 rings (SSSR count). The number of rotatable bonds is 6. The van der Waals surface area contributed by atoms with Crippen LogP contribution in [-0.4, -0.2) is 27.3 Å². The van der Waals surface area contributed by atoms with E-state index in [1.807, 2.05) is 0 Å². The van der Waals surface area contributed by atoms with E-state index in [1.165, 1.54) is 19.1 Å². The molecule has 0 atom stereocenters. The van der Waals surface area contributed by atoms with Gasteiger partial charge in [-0.05, 0) is 19.1 Å². The fourth-order valence-corrected chi connectivity index (χ4v) is 1.50. The van der Waals surface area contributed by atoms with Gasteiger partial charge in [0.1, 0.15) is 5.75 Å². The summed E-state index contributed by atoms with van der Waals surface area (Å²) in [6.45, 7) is -2.50. The normalized spacial score (nSPS) is 10.9. The third-order valence-corrected chi connectivity index (χ3v) is 2.36. The molecule has 18 heavy (non-hydrogen) atoms. The zero-order valence-electron chi connectivity index (χ0n) is 10.9. The zero-order chi connectivity index (χ0) is 12.9. The van der Waals surface area contributed by atoms with Crippen molar-refractivity contribution in [1.29, 1.82) is 0 Å². The van der Waals surface area contributed by atoms with Crippen LogP contribution in [0.15, 0.2) is 18.2 Å². The maximum atomic E-state index is 12.5. The quantitative estimate of drug-likeness (QED) is 0.517. The molecule has 0 fully saturated rings. The summed E-state index contributed by atoms with van der Waals surface area (Å²) in [6.07, 6.45) is 0.709. The van der Waals surface area contributed by atoms with E-state index in [0.29, 0.717) is 25.4 Å². The maximum Gasteiger partial charge on any atom is 1.00 e. The summed E-state index contributed by atoms with van der Waals surface area (Å²) in [6, 6.07) is 3.84. The van der Waals surface area contributed by atoms with Crippen LogP contribution in [0.4, 0.5) is 12.9 Å². The Balaban J connectivity index is 0.00000289. The van der Waals surface area contributed by atoms with Gasteiger partial charge >= 0.3 is 58.4 Å². The molecule has 0 bridgehead atoms. The number of hydrogen-bond acceptors (Lipinski definition) is 2. The third kappa shape index (κ3) is 6.08. The molecule has 0 amide bonds. The van der Waals surface area contributed by atoms with E-state index in [9.17, 15) is 12.9 Å². The number of halogens is 3. The summed E-state index contributed by atoms with van der Waals surface area (Å²) in [7, 11) is 1.59. The maximum absolute atomic E-state index is 12.5. The molecule has 0 aliphatic rings. The number of aryl methyl sites for hydroxylation is 1. The molecule has 0 aliphatic heterocycles. The van der Waals surface area contributed by atoms with Crippen LogP contribution in [0.5, 0.6) is 5.75 Å². The molecule has 0 saturated heterocycles. The average molecular weight is 286 g/mol. The molecular weight excluding hydrogens is 271 g/mol. The minimum Gasteiger partial charge on any atom is -0.494 e. The molecule has 96 valence electrons. The van der Waals surface area contributed by atoms with E-state index < -0.39 is 12.4 Å². The van der Waals surface area contributed by atoms with E-state index in [4.69, 9.17) is 9.47 Å². The molecule has 0 unspecified atom stereocenters. The van der Waals surface area contributed by atoms with Crippen molar-refractivity contribution in [3.63, 3.8) is 0 Å². The SMILES string of the molecule is COCCCOc1ccc([B-](F)(F)F)c(C)c1.[K+]. The van der Waals surface area contributed by atoms with E-state index >= 15 is 0 Å². The van der Waals surface area contributed by atoms with Crippen LogP contribution < -0.4 is 61.6 Å². The van der Waals surface area contributed by atoms with Gasteiger partial charge in [-0.2, -0.15) is 0 Å². The van der Waals surface area contributed by atoms with Crippen LogP contribution in [0.1, 0.15) is 12.0 Å². The summed E-state index contributed by atoms with van der Waals surface area (Å²) < 4.78 is 47.8. The number of benzene rings is 1. The molecule has 0 radical (unpaired) electrons. The Morgan fingerprint density at radius 2 is 1.83 bits per heavy atom. The number of ether oxygens (including phenoxy) is 2. The first-order chi connectivity index (χ1) is 7.95. The molecular formula is C11H15BF3KO2. The van der Waals surface area contributed by atoms with Gasteiger partial charge < -0.3 is 22.4 Å². The van der Waals surface area contributed by atoms with Crippen molar-refractivity contribution in [3.05, 3.63) is 23.8 Å². The Morgan fingerprint density at radius 3 is 2.33 bits per heavy atom. The summed E-state index contributed by atoms with van der Waals surface area (Å²) >= 11 is 0. The van der Waals surface area contributed by atoms with Crippen LogP contribution in [0.2, 0.25) is 0 Å². The molecule has 0 aliphatic carbocycles. The van der Waals surface area contributed by atoms with E-state index in [1.54, 1.807) is 7.11 Å². The van der Waals surface area contributed by atoms with Gasteiger partial charge in [0, 0.05) is 20.1 Å². The van der Waals surface area contributed by atoms with Gasteiger partial charge in [0.15, 0.2) is 0 Å². The molecule has 1 aromatic rings. The van der Waals surface area contributed by atoms with Crippen molar-refractivity contribution < 1.29 is 73.8 Å². The van der Waals surface area contributed by atoms with Crippen molar-refractivity contribution in [2.45, 2.75) is 13.3 Å². The Kier molecular flexibility index (Phi) is 8.83. The largest absolute Gasteiger partial charge is 1.00 e. The van der Waals surface area contributed by atoms with Gasteiger partial charge in [-0.1, -0.05) is 11.6 Å². The second-order valence-electron chi connectivity index (χ2n) is 3.79. The van der Waals surface area contributed by atoms with Gasteiger partial charge in [0.2, 0.25) is 0 Å². The van der Waals surface area contributed by atoms with Gasteiger partial charge in [-0.3, -0.25) is 0 Å². The molecule has 1 aromatic carbocycles. The Bertz CT molecular complexity index is 372. The predicted octanol–water partition coefficient (Wildman–Crippen LogP) is -0.531. The summed E-state index contributed by atoms with van der Waals surface area (Å²) in [5.41, 5.74) is -0.365. The van der Waals surface area contributed by atoms with Crippen molar-refractivity contribution in [2.24, 2.45) is 0 Å². The van der Waals surface area contributed by atoms with Crippen molar-refractivity contribution in [1.82, 2.24) is 0 Å². The molecule has 0 saturated carbocycles. The smallest absolute Gasteiger partial charge is 0.494 e.